The second kappa shape index (κ2) is 10.3. The number of nitrogens with zero attached hydrogens (tertiary/aromatic N) is 1. The van der Waals surface area contributed by atoms with E-state index in [1.165, 1.54) is 23.5 Å². The summed E-state index contributed by atoms with van der Waals surface area (Å²) in [7, 11) is -2.36. The van der Waals surface area contributed by atoms with Crippen LogP contribution in [-0.4, -0.2) is 51.5 Å². The average Bonchev–Trinajstić information content (AvgIpc) is 2.77. The molecule has 0 saturated carbocycles. The molecule has 0 spiro atoms. The number of ether oxygens (including phenoxy) is 2. The molecule has 2 aromatic carbocycles. The molecular weight excluding hydrogens is 440 g/mol. The van der Waals surface area contributed by atoms with Gasteiger partial charge in [-0.05, 0) is 62.2 Å². The molecule has 31 heavy (non-hydrogen) atoms. The summed E-state index contributed by atoms with van der Waals surface area (Å²) >= 11 is 5.84. The lowest BCUT2D eigenvalue weighted by Gasteiger charge is -2.32. The Labute approximate surface area is 188 Å². The van der Waals surface area contributed by atoms with Crippen molar-refractivity contribution in [1.82, 2.24) is 9.62 Å². The maximum absolute atomic E-state index is 13.3. The third-order valence-corrected chi connectivity index (χ3v) is 7.51. The number of amides is 1. The zero-order chi connectivity index (χ0) is 22.4. The molecule has 1 N–H and O–H groups in total. The Morgan fingerprint density at radius 2 is 1.94 bits per heavy atom. The van der Waals surface area contributed by atoms with E-state index in [0.717, 1.165) is 19.3 Å². The monoisotopic (exact) mass is 466 g/mol. The Morgan fingerprint density at radius 3 is 2.61 bits per heavy atom. The second-order valence-corrected chi connectivity index (χ2v) is 9.68. The van der Waals surface area contributed by atoms with E-state index in [-0.39, 0.29) is 41.3 Å². The van der Waals surface area contributed by atoms with Crippen molar-refractivity contribution in [3.63, 3.8) is 0 Å². The topological polar surface area (TPSA) is 84.9 Å². The van der Waals surface area contributed by atoms with Crippen LogP contribution < -0.4 is 14.8 Å². The van der Waals surface area contributed by atoms with Gasteiger partial charge in [0.1, 0.15) is 23.0 Å². The van der Waals surface area contributed by atoms with Crippen molar-refractivity contribution in [3.8, 4) is 11.5 Å². The van der Waals surface area contributed by atoms with E-state index < -0.39 is 10.0 Å². The number of benzene rings is 2. The van der Waals surface area contributed by atoms with Crippen LogP contribution in [0.1, 0.15) is 36.5 Å². The van der Waals surface area contributed by atoms with Gasteiger partial charge in [0.25, 0.3) is 5.91 Å². The first-order valence-electron chi connectivity index (χ1n) is 10.2. The number of hydrogen-bond acceptors (Lipinski definition) is 5. The number of carbonyl (C=O) groups is 1. The van der Waals surface area contributed by atoms with Crippen LogP contribution in [0, 0.1) is 0 Å². The molecule has 1 atom stereocenters. The fraction of sp³-hybridized carbons (Fsp3) is 0.409. The van der Waals surface area contributed by atoms with Gasteiger partial charge in [0, 0.05) is 23.2 Å². The van der Waals surface area contributed by atoms with Crippen LogP contribution in [0.4, 0.5) is 0 Å². The van der Waals surface area contributed by atoms with Gasteiger partial charge in [0.05, 0.1) is 13.7 Å². The molecule has 2 aromatic rings. The predicted octanol–water partition coefficient (Wildman–Crippen LogP) is 3.72. The number of halogens is 1. The summed E-state index contributed by atoms with van der Waals surface area (Å²) in [5.74, 6) is 0.484. The molecule has 1 amide bonds. The number of sulfonamides is 1. The van der Waals surface area contributed by atoms with Crippen LogP contribution in [0.2, 0.25) is 5.02 Å². The van der Waals surface area contributed by atoms with Gasteiger partial charge < -0.3 is 14.8 Å². The number of rotatable bonds is 8. The summed E-state index contributed by atoms with van der Waals surface area (Å²) in [4.78, 5) is 12.6. The molecule has 1 unspecified atom stereocenters. The zero-order valence-corrected chi connectivity index (χ0v) is 19.2. The van der Waals surface area contributed by atoms with Gasteiger partial charge in [-0.3, -0.25) is 4.79 Å². The van der Waals surface area contributed by atoms with Crippen molar-refractivity contribution in [3.05, 3.63) is 53.1 Å². The van der Waals surface area contributed by atoms with Crippen molar-refractivity contribution in [1.29, 1.82) is 0 Å². The van der Waals surface area contributed by atoms with E-state index in [1.54, 1.807) is 30.3 Å². The average molecular weight is 467 g/mol. The van der Waals surface area contributed by atoms with Crippen molar-refractivity contribution < 1.29 is 22.7 Å². The highest BCUT2D eigenvalue weighted by molar-refractivity contribution is 7.89. The van der Waals surface area contributed by atoms with Crippen LogP contribution in [-0.2, 0) is 10.0 Å². The largest absolute Gasteiger partial charge is 0.495 e. The van der Waals surface area contributed by atoms with Crippen LogP contribution in [0.5, 0.6) is 11.5 Å². The molecule has 1 aliphatic rings. The molecule has 0 aliphatic carbocycles. The number of methoxy groups -OCH3 is 1. The minimum absolute atomic E-state index is 0.00816. The van der Waals surface area contributed by atoms with Gasteiger partial charge in [-0.1, -0.05) is 18.0 Å². The van der Waals surface area contributed by atoms with E-state index in [2.05, 4.69) is 5.32 Å². The number of nitrogens with one attached hydrogen (secondary N) is 1. The Bertz CT molecular complexity index is 1010. The summed E-state index contributed by atoms with van der Waals surface area (Å²) in [6.45, 7) is 2.89. The summed E-state index contributed by atoms with van der Waals surface area (Å²) in [6, 6.07) is 11.3. The van der Waals surface area contributed by atoms with Crippen molar-refractivity contribution in [2.75, 3.05) is 26.8 Å². The Balaban J connectivity index is 1.69. The molecule has 168 valence electrons. The van der Waals surface area contributed by atoms with Crippen LogP contribution in [0.15, 0.2) is 47.4 Å². The van der Waals surface area contributed by atoms with E-state index in [4.69, 9.17) is 21.1 Å². The normalized spacial score (nSPS) is 17.2. The number of hydrogen-bond donors (Lipinski definition) is 1. The van der Waals surface area contributed by atoms with Crippen molar-refractivity contribution >= 4 is 27.5 Å². The predicted molar refractivity (Wildman–Crippen MR) is 119 cm³/mol. The minimum Gasteiger partial charge on any atom is -0.495 e. The molecule has 9 heteroatoms. The summed E-state index contributed by atoms with van der Waals surface area (Å²) in [6.07, 6.45) is 2.64. The van der Waals surface area contributed by atoms with Crippen LogP contribution in [0.25, 0.3) is 0 Å². The minimum atomic E-state index is -3.78. The fourth-order valence-corrected chi connectivity index (χ4v) is 5.55. The van der Waals surface area contributed by atoms with Gasteiger partial charge >= 0.3 is 0 Å². The second-order valence-electron chi connectivity index (χ2n) is 7.38. The standard InChI is InChI=1S/C22H27ClN2O5S/c1-16-5-3-4-13-25(16)31(27,28)21-15-17(6-11-20(21)29-2)22(26)24-12-14-30-19-9-7-18(23)8-10-19/h6-11,15-16H,3-5,12-14H2,1-2H3,(H,24,26). The maximum Gasteiger partial charge on any atom is 0.251 e. The lowest BCUT2D eigenvalue weighted by atomic mass is 10.1. The highest BCUT2D eigenvalue weighted by Gasteiger charge is 2.33. The highest BCUT2D eigenvalue weighted by atomic mass is 35.5. The van der Waals surface area contributed by atoms with Crippen molar-refractivity contribution in [2.45, 2.75) is 37.1 Å². The first-order chi connectivity index (χ1) is 14.8. The number of carbonyl (C=O) groups excluding carboxylic acids is 1. The van der Waals surface area contributed by atoms with E-state index in [9.17, 15) is 13.2 Å². The molecule has 3 rings (SSSR count). The lowest BCUT2D eigenvalue weighted by molar-refractivity contribution is 0.0946. The Hall–Kier alpha value is -2.29. The quantitative estimate of drug-likeness (QED) is 0.599. The maximum atomic E-state index is 13.3. The summed E-state index contributed by atoms with van der Waals surface area (Å²) < 4.78 is 38.9. The highest BCUT2D eigenvalue weighted by Crippen LogP contribution is 2.31. The summed E-state index contributed by atoms with van der Waals surface area (Å²) in [5.41, 5.74) is 0.246. The van der Waals surface area contributed by atoms with E-state index in [1.807, 2.05) is 6.92 Å². The van der Waals surface area contributed by atoms with Gasteiger partial charge in [0.2, 0.25) is 10.0 Å². The van der Waals surface area contributed by atoms with Crippen molar-refractivity contribution in [2.24, 2.45) is 0 Å². The molecule has 1 aliphatic heterocycles. The molecule has 1 heterocycles. The molecular formula is C22H27ClN2O5S. The first-order valence-corrected chi connectivity index (χ1v) is 12.0. The van der Waals surface area contributed by atoms with E-state index in [0.29, 0.717) is 17.3 Å². The molecule has 1 saturated heterocycles. The lowest BCUT2D eigenvalue weighted by Crippen LogP contribution is -2.42. The van der Waals surface area contributed by atoms with Gasteiger partial charge in [-0.2, -0.15) is 4.31 Å². The van der Waals surface area contributed by atoms with Gasteiger partial charge in [-0.15, -0.1) is 0 Å². The molecule has 0 radical (unpaired) electrons. The van der Waals surface area contributed by atoms with Gasteiger partial charge in [-0.25, -0.2) is 8.42 Å². The molecule has 0 aromatic heterocycles. The van der Waals surface area contributed by atoms with Crippen LogP contribution in [0.3, 0.4) is 0 Å². The smallest absolute Gasteiger partial charge is 0.251 e. The van der Waals surface area contributed by atoms with E-state index >= 15 is 0 Å². The molecule has 1 fully saturated rings. The first kappa shape index (κ1) is 23.4. The molecule has 7 nitrogen and oxygen atoms in total. The zero-order valence-electron chi connectivity index (χ0n) is 17.6. The fourth-order valence-electron chi connectivity index (χ4n) is 3.54. The molecule has 0 bridgehead atoms. The number of piperidine rings is 1. The third-order valence-electron chi connectivity index (χ3n) is 5.22. The Morgan fingerprint density at radius 1 is 1.19 bits per heavy atom. The SMILES string of the molecule is COc1ccc(C(=O)NCCOc2ccc(Cl)cc2)cc1S(=O)(=O)N1CCCCC1C. The van der Waals surface area contributed by atoms with Crippen LogP contribution >= 0.6 is 11.6 Å². The summed E-state index contributed by atoms with van der Waals surface area (Å²) in [5, 5.41) is 3.36. The Kier molecular flexibility index (Phi) is 7.80. The third kappa shape index (κ3) is 5.70. The van der Waals surface area contributed by atoms with Gasteiger partial charge in [0.15, 0.2) is 0 Å².